The molecular weight excluding hydrogens is 372 g/mol. The van der Waals surface area contributed by atoms with Gasteiger partial charge in [0.25, 0.3) is 0 Å². The van der Waals surface area contributed by atoms with Crippen LogP contribution in [0.1, 0.15) is 78.2 Å². The lowest BCUT2D eigenvalue weighted by atomic mass is 9.92. The van der Waals surface area contributed by atoms with Crippen molar-refractivity contribution in [2.75, 3.05) is 5.32 Å². The van der Waals surface area contributed by atoms with E-state index in [9.17, 15) is 5.26 Å². The van der Waals surface area contributed by atoms with E-state index >= 15 is 0 Å². The summed E-state index contributed by atoms with van der Waals surface area (Å²) in [5, 5.41) is 13.3. The number of aromatic nitrogens is 3. The number of nitriles is 1. The Morgan fingerprint density at radius 3 is 2.07 bits per heavy atom. The van der Waals surface area contributed by atoms with Gasteiger partial charge in [-0.1, -0.05) is 41.5 Å². The smallest absolute Gasteiger partial charge is 0.163 e. The Balaban J connectivity index is 2.25. The normalized spacial score (nSPS) is 16.2. The average Bonchev–Trinajstić information content (AvgIpc) is 2.63. The van der Waals surface area contributed by atoms with Crippen LogP contribution >= 0.6 is 0 Å². The van der Waals surface area contributed by atoms with Gasteiger partial charge in [0.2, 0.25) is 0 Å². The van der Waals surface area contributed by atoms with E-state index in [1.54, 1.807) is 0 Å². The first-order valence-corrected chi connectivity index (χ1v) is 10.2. The molecule has 30 heavy (non-hydrogen) atoms. The molecule has 3 rings (SSSR count). The van der Waals surface area contributed by atoms with E-state index in [0.29, 0.717) is 17.9 Å². The van der Waals surface area contributed by atoms with Crippen molar-refractivity contribution in [3.8, 4) is 17.5 Å². The minimum absolute atomic E-state index is 0.219. The molecule has 0 radical (unpaired) electrons. The highest BCUT2D eigenvalue weighted by Gasteiger charge is 2.26. The first-order chi connectivity index (χ1) is 13.9. The number of nitrogens with zero attached hydrogens (tertiary/aromatic N) is 5. The molecule has 0 saturated carbocycles. The van der Waals surface area contributed by atoms with Crippen molar-refractivity contribution in [2.45, 2.75) is 72.8 Å². The molecule has 2 aromatic rings. The topological polar surface area (TPSA) is 86.8 Å². The Hall–Kier alpha value is -3.07. The van der Waals surface area contributed by atoms with E-state index in [1.807, 2.05) is 32.1 Å². The van der Waals surface area contributed by atoms with Gasteiger partial charge in [-0.05, 0) is 32.1 Å². The van der Waals surface area contributed by atoms with Crippen LogP contribution in [0.2, 0.25) is 0 Å². The van der Waals surface area contributed by atoms with Gasteiger partial charge in [0.1, 0.15) is 11.6 Å². The van der Waals surface area contributed by atoms with Crippen molar-refractivity contribution in [2.24, 2.45) is 4.99 Å². The van der Waals surface area contributed by atoms with Gasteiger partial charge in [-0.3, -0.25) is 4.99 Å². The zero-order valence-electron chi connectivity index (χ0n) is 19.2. The van der Waals surface area contributed by atoms with Crippen LogP contribution in [0.4, 0.5) is 5.69 Å². The van der Waals surface area contributed by atoms with Crippen LogP contribution in [0.3, 0.4) is 0 Å². The summed E-state index contributed by atoms with van der Waals surface area (Å²) in [7, 11) is 0. The maximum Gasteiger partial charge on any atom is 0.163 e. The van der Waals surface area contributed by atoms with Crippen LogP contribution in [0.15, 0.2) is 28.9 Å². The van der Waals surface area contributed by atoms with Gasteiger partial charge in [-0.2, -0.15) is 5.26 Å². The lowest BCUT2D eigenvalue weighted by molar-refractivity contribution is 0.497. The summed E-state index contributed by atoms with van der Waals surface area (Å²) in [6.45, 7) is 17.0. The lowest BCUT2D eigenvalue weighted by Crippen LogP contribution is -2.24. The number of benzene rings is 1. The molecule has 6 nitrogen and oxygen atoms in total. The van der Waals surface area contributed by atoms with E-state index in [4.69, 9.17) is 15.0 Å². The Labute approximate surface area is 179 Å². The summed E-state index contributed by atoms with van der Waals surface area (Å²) < 4.78 is 0. The molecule has 1 aliphatic rings. The second-order valence-electron chi connectivity index (χ2n) is 9.88. The van der Waals surface area contributed by atoms with Crippen LogP contribution in [0.25, 0.3) is 11.4 Å². The summed E-state index contributed by atoms with van der Waals surface area (Å²) in [5.41, 5.74) is 4.59. The predicted molar refractivity (Wildman–Crippen MR) is 122 cm³/mol. The maximum absolute atomic E-state index is 9.83. The van der Waals surface area contributed by atoms with Crippen molar-refractivity contribution < 1.29 is 0 Å². The van der Waals surface area contributed by atoms with Gasteiger partial charge in [-0.15, -0.1) is 0 Å². The number of allylic oxidation sites excluding steroid dienone is 2. The van der Waals surface area contributed by atoms with Gasteiger partial charge in [0.15, 0.2) is 5.82 Å². The van der Waals surface area contributed by atoms with Crippen molar-refractivity contribution in [3.05, 3.63) is 46.7 Å². The van der Waals surface area contributed by atoms with Crippen LogP contribution in [-0.2, 0) is 17.4 Å². The third kappa shape index (κ3) is 4.56. The fourth-order valence-electron chi connectivity index (χ4n) is 3.17. The lowest BCUT2D eigenvalue weighted by Gasteiger charge is -2.23. The molecule has 0 bridgehead atoms. The SMILES string of the molecule is CC1=NCc2c(C#N)cc(-c3nc(C(C)(C)C)nc(C(C)(C)C)n3)cc2N/C(C)=C\1. The van der Waals surface area contributed by atoms with E-state index in [-0.39, 0.29) is 10.8 Å². The van der Waals surface area contributed by atoms with E-state index in [1.165, 1.54) is 0 Å². The summed E-state index contributed by atoms with van der Waals surface area (Å²) in [6.07, 6.45) is 2.00. The monoisotopic (exact) mass is 402 g/mol. The predicted octanol–water partition coefficient (Wildman–Crippen LogP) is 5.30. The van der Waals surface area contributed by atoms with Gasteiger partial charge < -0.3 is 5.32 Å². The number of hydrogen-bond donors (Lipinski definition) is 1. The zero-order chi connectivity index (χ0) is 22.3. The van der Waals surface area contributed by atoms with Crippen LogP contribution in [0, 0.1) is 11.3 Å². The minimum Gasteiger partial charge on any atom is -0.359 e. The molecule has 1 N–H and O–H groups in total. The second-order valence-corrected chi connectivity index (χ2v) is 9.88. The molecule has 0 atom stereocenters. The quantitative estimate of drug-likeness (QED) is 0.700. The summed E-state index contributed by atoms with van der Waals surface area (Å²) >= 11 is 0. The van der Waals surface area contributed by atoms with Crippen molar-refractivity contribution in [1.82, 2.24) is 15.0 Å². The summed E-state index contributed by atoms with van der Waals surface area (Å²) in [4.78, 5) is 18.9. The Bertz CT molecular complexity index is 1060. The first kappa shape index (κ1) is 21.6. The Kier molecular flexibility index (Phi) is 5.51. The van der Waals surface area contributed by atoms with E-state index < -0.39 is 0 Å². The fourth-order valence-corrected chi connectivity index (χ4v) is 3.17. The molecule has 0 saturated heterocycles. The molecule has 0 spiro atoms. The molecule has 156 valence electrons. The number of aliphatic imine (C=N–C) groups is 1. The fraction of sp³-hybridized carbons (Fsp3) is 0.458. The standard InChI is InChI=1S/C24H30N6/c1-14-9-15(2)27-19-11-16(10-17(12-25)18(19)13-26-14)20-28-21(23(3,4)5)30-22(29-20)24(6,7)8/h9-11,27H,13H2,1-8H3/b15-9-,26-14?. The molecule has 2 heterocycles. The Morgan fingerprint density at radius 2 is 1.53 bits per heavy atom. The molecule has 6 heteroatoms. The highest BCUT2D eigenvalue weighted by molar-refractivity contribution is 5.94. The number of fused-ring (bicyclic) bond motifs is 1. The number of hydrogen-bond acceptors (Lipinski definition) is 6. The number of rotatable bonds is 1. The molecule has 0 amide bonds. The van der Waals surface area contributed by atoms with Crippen molar-refractivity contribution in [1.29, 1.82) is 5.26 Å². The molecule has 0 aliphatic carbocycles. The average molecular weight is 403 g/mol. The number of anilines is 1. The molecule has 1 aliphatic heterocycles. The second kappa shape index (κ2) is 7.64. The summed E-state index contributed by atoms with van der Waals surface area (Å²) in [5.74, 6) is 2.07. The van der Waals surface area contributed by atoms with Gasteiger partial charge in [-0.25, -0.2) is 15.0 Å². The largest absolute Gasteiger partial charge is 0.359 e. The maximum atomic E-state index is 9.83. The zero-order valence-corrected chi connectivity index (χ0v) is 19.2. The van der Waals surface area contributed by atoms with Crippen LogP contribution < -0.4 is 5.32 Å². The molecule has 1 aromatic carbocycles. The highest BCUT2D eigenvalue weighted by atomic mass is 15.1. The molecule has 1 aromatic heterocycles. The minimum atomic E-state index is -0.219. The van der Waals surface area contributed by atoms with Crippen molar-refractivity contribution in [3.63, 3.8) is 0 Å². The van der Waals surface area contributed by atoms with Gasteiger partial charge in [0.05, 0.1) is 18.2 Å². The highest BCUT2D eigenvalue weighted by Crippen LogP contribution is 2.32. The molecular formula is C24H30N6. The molecule has 0 unspecified atom stereocenters. The third-order valence-corrected chi connectivity index (χ3v) is 4.85. The Morgan fingerprint density at radius 1 is 0.933 bits per heavy atom. The molecule has 0 fully saturated rings. The first-order valence-electron chi connectivity index (χ1n) is 10.2. The van der Waals surface area contributed by atoms with E-state index in [2.05, 4.69) is 57.9 Å². The van der Waals surface area contributed by atoms with Crippen LogP contribution in [-0.4, -0.2) is 20.7 Å². The van der Waals surface area contributed by atoms with Crippen molar-refractivity contribution >= 4 is 11.4 Å². The van der Waals surface area contributed by atoms with Gasteiger partial charge in [0, 0.05) is 39.1 Å². The summed E-state index contributed by atoms with van der Waals surface area (Å²) in [6, 6.07) is 6.21. The van der Waals surface area contributed by atoms with Gasteiger partial charge >= 0.3 is 0 Å². The number of nitrogens with one attached hydrogen (secondary N) is 1. The van der Waals surface area contributed by atoms with E-state index in [0.717, 1.165) is 39.9 Å². The third-order valence-electron chi connectivity index (χ3n) is 4.85. The van der Waals surface area contributed by atoms with Crippen LogP contribution in [0.5, 0.6) is 0 Å².